The fourth-order valence-corrected chi connectivity index (χ4v) is 2.49. The minimum absolute atomic E-state index is 0.300. The number of aryl methyl sites for hydroxylation is 1. The van der Waals surface area contributed by atoms with E-state index in [1.807, 2.05) is 29.9 Å². The van der Waals surface area contributed by atoms with E-state index in [2.05, 4.69) is 15.1 Å². The van der Waals surface area contributed by atoms with Crippen LogP contribution in [0.1, 0.15) is 41.4 Å². The van der Waals surface area contributed by atoms with Gasteiger partial charge in [0.05, 0.1) is 19.0 Å². The molecule has 102 valence electrons. The second-order valence-corrected chi connectivity index (χ2v) is 5.19. The number of hydrogen-bond donors (Lipinski definition) is 0. The van der Waals surface area contributed by atoms with Gasteiger partial charge >= 0.3 is 0 Å². The van der Waals surface area contributed by atoms with Gasteiger partial charge in [-0.15, -0.1) is 0 Å². The molecule has 1 fully saturated rings. The van der Waals surface area contributed by atoms with Crippen molar-refractivity contribution < 1.29 is 8.94 Å². The van der Waals surface area contributed by atoms with E-state index >= 15 is 0 Å². The molecule has 6 nitrogen and oxygen atoms in total. The molecule has 0 amide bonds. The molecule has 2 atom stereocenters. The maximum absolute atomic E-state index is 5.42. The van der Waals surface area contributed by atoms with Crippen molar-refractivity contribution in [2.24, 2.45) is 7.05 Å². The van der Waals surface area contributed by atoms with E-state index in [9.17, 15) is 0 Å². The predicted octanol–water partition coefficient (Wildman–Crippen LogP) is 2.26. The van der Waals surface area contributed by atoms with Crippen LogP contribution < -0.4 is 0 Å². The molecule has 4 rings (SSSR count). The SMILES string of the molecule is Cn1cncc1Cc1noc([C@@H]2C[C@H]2c2ccco2)n1. The molecule has 1 aliphatic carbocycles. The largest absolute Gasteiger partial charge is 0.469 e. The van der Waals surface area contributed by atoms with E-state index in [4.69, 9.17) is 8.94 Å². The highest BCUT2D eigenvalue weighted by Crippen LogP contribution is 2.54. The first-order valence-corrected chi connectivity index (χ1v) is 6.62. The topological polar surface area (TPSA) is 69.9 Å². The van der Waals surface area contributed by atoms with Crippen LogP contribution in [0.5, 0.6) is 0 Å². The third-order valence-electron chi connectivity index (χ3n) is 3.76. The highest BCUT2D eigenvalue weighted by atomic mass is 16.5. The van der Waals surface area contributed by atoms with Gasteiger partial charge in [0.15, 0.2) is 5.82 Å². The van der Waals surface area contributed by atoms with Crippen LogP contribution in [0.3, 0.4) is 0 Å². The molecule has 0 unspecified atom stereocenters. The molecule has 20 heavy (non-hydrogen) atoms. The van der Waals surface area contributed by atoms with Crippen LogP contribution in [-0.2, 0) is 13.5 Å². The first kappa shape index (κ1) is 11.5. The fraction of sp³-hybridized carbons (Fsp3) is 0.357. The summed E-state index contributed by atoms with van der Waals surface area (Å²) < 4.78 is 12.7. The quantitative estimate of drug-likeness (QED) is 0.727. The summed E-state index contributed by atoms with van der Waals surface area (Å²) in [4.78, 5) is 8.57. The first-order chi connectivity index (χ1) is 9.81. The molecule has 0 saturated heterocycles. The van der Waals surface area contributed by atoms with E-state index < -0.39 is 0 Å². The Morgan fingerprint density at radius 1 is 1.40 bits per heavy atom. The lowest BCUT2D eigenvalue weighted by molar-refractivity contribution is 0.371. The average molecular weight is 270 g/mol. The summed E-state index contributed by atoms with van der Waals surface area (Å²) in [5.74, 6) is 3.10. The van der Waals surface area contributed by atoms with Crippen molar-refractivity contribution in [1.29, 1.82) is 0 Å². The average Bonchev–Trinajstić information content (AvgIpc) is 2.90. The second kappa shape index (κ2) is 4.33. The Morgan fingerprint density at radius 3 is 3.10 bits per heavy atom. The van der Waals surface area contributed by atoms with Gasteiger partial charge in [0.25, 0.3) is 0 Å². The number of nitrogens with zero attached hydrogens (tertiary/aromatic N) is 4. The number of aromatic nitrogens is 4. The molecule has 0 aromatic carbocycles. The molecule has 1 saturated carbocycles. The Kier molecular flexibility index (Phi) is 2.48. The normalized spacial score (nSPS) is 21.2. The number of imidazole rings is 1. The molecule has 0 spiro atoms. The zero-order valence-corrected chi connectivity index (χ0v) is 11.1. The van der Waals surface area contributed by atoms with Crippen molar-refractivity contribution in [3.63, 3.8) is 0 Å². The molecular weight excluding hydrogens is 256 g/mol. The molecule has 1 aliphatic rings. The van der Waals surface area contributed by atoms with Gasteiger partial charge in [0.2, 0.25) is 5.89 Å². The van der Waals surface area contributed by atoms with Crippen LogP contribution >= 0.6 is 0 Å². The van der Waals surface area contributed by atoms with E-state index in [1.54, 1.807) is 12.6 Å². The summed E-state index contributed by atoms with van der Waals surface area (Å²) in [7, 11) is 1.96. The summed E-state index contributed by atoms with van der Waals surface area (Å²) >= 11 is 0. The minimum Gasteiger partial charge on any atom is -0.469 e. The summed E-state index contributed by atoms with van der Waals surface area (Å²) in [6, 6.07) is 3.91. The molecule has 3 aromatic rings. The second-order valence-electron chi connectivity index (χ2n) is 5.19. The first-order valence-electron chi connectivity index (χ1n) is 6.62. The maximum Gasteiger partial charge on any atom is 0.230 e. The van der Waals surface area contributed by atoms with E-state index in [0.717, 1.165) is 17.9 Å². The minimum atomic E-state index is 0.300. The maximum atomic E-state index is 5.42. The molecule has 0 bridgehead atoms. The fourth-order valence-electron chi connectivity index (χ4n) is 2.49. The van der Waals surface area contributed by atoms with Crippen LogP contribution in [0.4, 0.5) is 0 Å². The van der Waals surface area contributed by atoms with Crippen molar-refractivity contribution in [3.05, 3.63) is 54.1 Å². The monoisotopic (exact) mass is 270 g/mol. The van der Waals surface area contributed by atoms with E-state index in [0.29, 0.717) is 30.0 Å². The molecule has 6 heteroatoms. The molecule has 3 heterocycles. The standard InChI is InChI=1S/C14H14N4O2/c1-18-8-15-7-9(18)5-13-16-14(20-17-13)11-6-10(11)12-3-2-4-19-12/h2-4,7-8,10-11H,5-6H2,1H3/t10-,11-/m1/s1. The van der Waals surface area contributed by atoms with Crippen LogP contribution in [0.15, 0.2) is 39.9 Å². The lowest BCUT2D eigenvalue weighted by Crippen LogP contribution is -1.98. The highest BCUT2D eigenvalue weighted by Gasteiger charge is 2.45. The molecule has 0 aliphatic heterocycles. The Bertz CT molecular complexity index is 713. The van der Waals surface area contributed by atoms with Gasteiger partial charge in [-0.05, 0) is 18.6 Å². The Hall–Kier alpha value is -2.37. The Labute approximate surface area is 115 Å². The van der Waals surface area contributed by atoms with E-state index in [-0.39, 0.29) is 0 Å². The lowest BCUT2D eigenvalue weighted by Gasteiger charge is -1.96. The van der Waals surface area contributed by atoms with Crippen LogP contribution in [0.25, 0.3) is 0 Å². The van der Waals surface area contributed by atoms with Crippen molar-refractivity contribution in [1.82, 2.24) is 19.7 Å². The van der Waals surface area contributed by atoms with Gasteiger partial charge in [-0.1, -0.05) is 5.16 Å². The summed E-state index contributed by atoms with van der Waals surface area (Å²) in [6.45, 7) is 0. The van der Waals surface area contributed by atoms with Gasteiger partial charge in [-0.3, -0.25) is 0 Å². The summed E-state index contributed by atoms with van der Waals surface area (Å²) in [5, 5.41) is 4.05. The third-order valence-corrected chi connectivity index (χ3v) is 3.76. The van der Waals surface area contributed by atoms with Crippen molar-refractivity contribution >= 4 is 0 Å². The van der Waals surface area contributed by atoms with Gasteiger partial charge in [0.1, 0.15) is 5.76 Å². The van der Waals surface area contributed by atoms with E-state index in [1.165, 1.54) is 0 Å². The van der Waals surface area contributed by atoms with Crippen molar-refractivity contribution in [3.8, 4) is 0 Å². The van der Waals surface area contributed by atoms with Gasteiger partial charge < -0.3 is 13.5 Å². The zero-order valence-electron chi connectivity index (χ0n) is 11.1. The Morgan fingerprint density at radius 2 is 2.35 bits per heavy atom. The van der Waals surface area contributed by atoms with Crippen molar-refractivity contribution in [2.75, 3.05) is 0 Å². The van der Waals surface area contributed by atoms with Gasteiger partial charge in [0, 0.05) is 30.8 Å². The number of rotatable bonds is 4. The van der Waals surface area contributed by atoms with Gasteiger partial charge in [-0.25, -0.2) is 4.98 Å². The van der Waals surface area contributed by atoms with Crippen LogP contribution in [-0.4, -0.2) is 19.7 Å². The Balaban J connectivity index is 1.48. The summed E-state index contributed by atoms with van der Waals surface area (Å²) in [6.07, 6.45) is 6.94. The van der Waals surface area contributed by atoms with Crippen LogP contribution in [0, 0.1) is 0 Å². The predicted molar refractivity (Wildman–Crippen MR) is 69.1 cm³/mol. The number of hydrogen-bond acceptors (Lipinski definition) is 5. The van der Waals surface area contributed by atoms with Gasteiger partial charge in [-0.2, -0.15) is 4.98 Å². The highest BCUT2D eigenvalue weighted by molar-refractivity contribution is 5.23. The van der Waals surface area contributed by atoms with Crippen LogP contribution in [0.2, 0.25) is 0 Å². The van der Waals surface area contributed by atoms with Crippen molar-refractivity contribution in [2.45, 2.75) is 24.7 Å². The third kappa shape index (κ3) is 1.93. The zero-order chi connectivity index (χ0) is 13.5. The smallest absolute Gasteiger partial charge is 0.230 e. The lowest BCUT2D eigenvalue weighted by atomic mass is 10.2. The molecule has 0 N–H and O–H groups in total. The molecular formula is C14H14N4O2. The summed E-state index contributed by atoms with van der Waals surface area (Å²) in [5.41, 5.74) is 1.07. The molecule has 3 aromatic heterocycles. The molecule has 0 radical (unpaired) electrons. The number of furan rings is 1.